The smallest absolute Gasteiger partial charge is 0.276 e. The molecule has 4 rings (SSSR count). The summed E-state index contributed by atoms with van der Waals surface area (Å²) in [7, 11) is 0. The van der Waals surface area contributed by atoms with Gasteiger partial charge in [-0.1, -0.05) is 11.6 Å². The van der Waals surface area contributed by atoms with E-state index in [0.717, 1.165) is 11.6 Å². The number of aromatic nitrogens is 1. The normalized spacial score (nSPS) is 13.4. The second-order valence-electron chi connectivity index (χ2n) is 9.17. The predicted octanol–water partition coefficient (Wildman–Crippen LogP) is 2.63. The van der Waals surface area contributed by atoms with Crippen LogP contribution < -0.4 is 25.9 Å². The van der Waals surface area contributed by atoms with E-state index in [1.807, 2.05) is 11.8 Å². The lowest BCUT2D eigenvalue weighted by Gasteiger charge is -2.36. The third-order valence-electron chi connectivity index (χ3n) is 6.61. The molecule has 206 valence electrons. The number of rotatable bonds is 6. The van der Waals surface area contributed by atoms with Crippen molar-refractivity contribution in [3.63, 3.8) is 0 Å². The van der Waals surface area contributed by atoms with Crippen LogP contribution in [-0.4, -0.2) is 60.0 Å². The maximum Gasteiger partial charge on any atom is 0.276 e. The number of piperazine rings is 1. The van der Waals surface area contributed by atoms with Gasteiger partial charge in [0.1, 0.15) is 17.1 Å². The molecule has 2 aromatic carbocycles. The van der Waals surface area contributed by atoms with Crippen molar-refractivity contribution < 1.29 is 23.5 Å². The molecule has 1 aromatic heterocycles. The Bertz CT molecular complexity index is 1500. The third kappa shape index (κ3) is 6.14. The molecule has 39 heavy (non-hydrogen) atoms. The summed E-state index contributed by atoms with van der Waals surface area (Å²) < 4.78 is 22.3. The molecule has 1 aliphatic heterocycles. The van der Waals surface area contributed by atoms with Gasteiger partial charge >= 0.3 is 0 Å². The summed E-state index contributed by atoms with van der Waals surface area (Å²) in [5, 5.41) is 0.608. The van der Waals surface area contributed by atoms with E-state index in [2.05, 4.69) is 10.9 Å². The zero-order valence-electron chi connectivity index (χ0n) is 21.8. The number of anilines is 1. The van der Waals surface area contributed by atoms with Crippen molar-refractivity contribution in [3.8, 4) is 5.75 Å². The number of nitrogens with zero attached hydrogens (tertiary/aromatic N) is 3. The molecule has 0 aliphatic carbocycles. The lowest BCUT2D eigenvalue weighted by molar-refractivity contribution is -0.129. The zero-order chi connectivity index (χ0) is 28.3. The van der Waals surface area contributed by atoms with Crippen molar-refractivity contribution in [1.82, 2.24) is 20.3 Å². The Morgan fingerprint density at radius 2 is 1.79 bits per heavy atom. The highest BCUT2D eigenvalue weighted by Crippen LogP contribution is 2.26. The molecule has 3 aromatic rings. The molecule has 1 saturated heterocycles. The van der Waals surface area contributed by atoms with Crippen LogP contribution in [0.15, 0.2) is 41.3 Å². The number of hydrazine groups is 1. The Morgan fingerprint density at radius 3 is 2.44 bits per heavy atom. The van der Waals surface area contributed by atoms with Crippen LogP contribution in [0, 0.1) is 12.7 Å². The van der Waals surface area contributed by atoms with Gasteiger partial charge in [0.05, 0.1) is 11.2 Å². The van der Waals surface area contributed by atoms with Gasteiger partial charge in [-0.15, -0.1) is 0 Å². The molecule has 1 aliphatic rings. The Hall–Kier alpha value is -4.12. The molecule has 0 saturated carbocycles. The van der Waals surface area contributed by atoms with Crippen LogP contribution in [0.3, 0.4) is 0 Å². The zero-order valence-corrected chi connectivity index (χ0v) is 22.6. The Kier molecular flexibility index (Phi) is 8.39. The molecule has 0 unspecified atom stereocenters. The van der Waals surface area contributed by atoms with E-state index in [1.54, 1.807) is 40.7 Å². The highest BCUT2D eigenvalue weighted by molar-refractivity contribution is 6.31. The molecule has 2 heterocycles. The molecule has 0 spiro atoms. The summed E-state index contributed by atoms with van der Waals surface area (Å²) in [5.74, 6) is -1.68. The molecule has 10 nitrogen and oxygen atoms in total. The number of ether oxygens (including phenoxy) is 1. The van der Waals surface area contributed by atoms with Gasteiger partial charge in [-0.05, 0) is 49.7 Å². The van der Waals surface area contributed by atoms with Gasteiger partial charge < -0.3 is 19.1 Å². The Balaban J connectivity index is 1.49. The minimum atomic E-state index is -0.843. The van der Waals surface area contributed by atoms with Crippen LogP contribution in [0.25, 0.3) is 10.9 Å². The molecule has 3 amide bonds. The van der Waals surface area contributed by atoms with Crippen LogP contribution in [-0.2, 0) is 16.1 Å². The number of carbonyl (C=O) groups is 3. The van der Waals surface area contributed by atoms with Gasteiger partial charge in [-0.3, -0.25) is 30.0 Å². The molecule has 2 N–H and O–H groups in total. The number of benzene rings is 2. The molecule has 1 fully saturated rings. The Morgan fingerprint density at radius 1 is 1.08 bits per heavy atom. The van der Waals surface area contributed by atoms with E-state index < -0.39 is 23.1 Å². The maximum atomic E-state index is 15.2. The van der Waals surface area contributed by atoms with Crippen molar-refractivity contribution in [2.24, 2.45) is 0 Å². The lowest BCUT2D eigenvalue weighted by Crippen LogP contribution is -2.48. The number of pyridine rings is 1. The summed E-state index contributed by atoms with van der Waals surface area (Å²) in [6, 6.07) is 7.66. The van der Waals surface area contributed by atoms with Crippen LogP contribution in [0.1, 0.15) is 29.8 Å². The summed E-state index contributed by atoms with van der Waals surface area (Å²) in [4.78, 5) is 53.3. The van der Waals surface area contributed by atoms with Crippen LogP contribution >= 0.6 is 11.6 Å². The van der Waals surface area contributed by atoms with Crippen molar-refractivity contribution in [3.05, 3.63) is 68.7 Å². The fraction of sp³-hybridized carbons (Fsp3) is 0.333. The van der Waals surface area contributed by atoms with Gasteiger partial charge in [-0.25, -0.2) is 4.39 Å². The number of nitrogens with one attached hydrogen (secondary N) is 2. The third-order valence-corrected chi connectivity index (χ3v) is 7.04. The molecular formula is C27H29ClFN5O5. The van der Waals surface area contributed by atoms with E-state index in [1.165, 1.54) is 13.1 Å². The first-order valence-corrected chi connectivity index (χ1v) is 12.8. The van der Waals surface area contributed by atoms with Crippen molar-refractivity contribution in [2.75, 3.05) is 37.7 Å². The minimum Gasteiger partial charge on any atom is -0.484 e. The second kappa shape index (κ2) is 11.7. The first-order chi connectivity index (χ1) is 18.6. The van der Waals surface area contributed by atoms with Crippen LogP contribution in [0.2, 0.25) is 5.02 Å². The van der Waals surface area contributed by atoms with Gasteiger partial charge in [-0.2, -0.15) is 0 Å². The van der Waals surface area contributed by atoms with Crippen molar-refractivity contribution >= 4 is 45.9 Å². The van der Waals surface area contributed by atoms with Crippen molar-refractivity contribution in [1.29, 1.82) is 0 Å². The number of carbonyl (C=O) groups excluding carboxylic acids is 3. The van der Waals surface area contributed by atoms with Gasteiger partial charge in [0.25, 0.3) is 11.8 Å². The number of fused-ring (bicyclic) bond motifs is 1. The van der Waals surface area contributed by atoms with E-state index >= 15 is 4.39 Å². The molecule has 12 heteroatoms. The molecule has 0 radical (unpaired) electrons. The van der Waals surface area contributed by atoms with E-state index in [-0.39, 0.29) is 23.5 Å². The standard InChI is InChI=1S/C27H29ClFN5O5/c1-4-32-14-20(27(38)31-30-25(36)15-39-18-5-6-21(28)16(2)11-18)26(37)19-12-22(29)24(13-23(19)32)34-9-7-33(8-10-34)17(3)35/h5-6,11-14H,4,7-10,15H2,1-3H3,(H,30,36)(H,31,38). The maximum absolute atomic E-state index is 15.2. The Labute approximate surface area is 229 Å². The second-order valence-corrected chi connectivity index (χ2v) is 9.58. The number of amides is 3. The average molecular weight is 558 g/mol. The summed E-state index contributed by atoms with van der Waals surface area (Å²) in [6.07, 6.45) is 1.38. The number of halogens is 2. The first-order valence-electron chi connectivity index (χ1n) is 12.4. The van der Waals surface area contributed by atoms with Crippen molar-refractivity contribution in [2.45, 2.75) is 27.3 Å². The highest BCUT2D eigenvalue weighted by atomic mass is 35.5. The van der Waals surface area contributed by atoms with Gasteiger partial charge in [0.2, 0.25) is 11.3 Å². The fourth-order valence-electron chi connectivity index (χ4n) is 4.41. The molecular weight excluding hydrogens is 529 g/mol. The number of hydrogen-bond acceptors (Lipinski definition) is 6. The van der Waals surface area contributed by atoms with Gasteiger partial charge in [0.15, 0.2) is 6.61 Å². The fourth-order valence-corrected chi connectivity index (χ4v) is 4.53. The number of aryl methyl sites for hydroxylation is 2. The van der Waals surface area contributed by atoms with Gasteiger partial charge in [0, 0.05) is 56.3 Å². The van der Waals surface area contributed by atoms with Crippen LogP contribution in [0.5, 0.6) is 5.75 Å². The molecule has 0 bridgehead atoms. The predicted molar refractivity (Wildman–Crippen MR) is 146 cm³/mol. The average Bonchev–Trinajstić information content (AvgIpc) is 2.92. The first kappa shape index (κ1) is 27.9. The largest absolute Gasteiger partial charge is 0.484 e. The summed E-state index contributed by atoms with van der Waals surface area (Å²) in [6.45, 7) is 7.02. The summed E-state index contributed by atoms with van der Waals surface area (Å²) in [5.41, 5.74) is 5.10. The minimum absolute atomic E-state index is 0.0281. The van der Waals surface area contributed by atoms with E-state index in [4.69, 9.17) is 16.3 Å². The topological polar surface area (TPSA) is 113 Å². The number of hydrogen-bond donors (Lipinski definition) is 2. The quantitative estimate of drug-likeness (QED) is 0.451. The summed E-state index contributed by atoms with van der Waals surface area (Å²) >= 11 is 5.98. The SMILES string of the molecule is CCn1cc(C(=O)NNC(=O)COc2ccc(Cl)c(C)c2)c(=O)c2cc(F)c(N3CCN(C(C)=O)CC3)cc21. The van der Waals surface area contributed by atoms with E-state index in [9.17, 15) is 19.2 Å². The van der Waals surface area contributed by atoms with E-state index in [0.29, 0.717) is 54.7 Å². The highest BCUT2D eigenvalue weighted by Gasteiger charge is 2.23. The molecule has 0 atom stereocenters. The lowest BCUT2D eigenvalue weighted by atomic mass is 10.1. The van der Waals surface area contributed by atoms with Crippen LogP contribution in [0.4, 0.5) is 10.1 Å². The monoisotopic (exact) mass is 557 g/mol.